The van der Waals surface area contributed by atoms with E-state index >= 15 is 0 Å². The molecule has 0 saturated carbocycles. The Morgan fingerprint density at radius 1 is 0.926 bits per heavy atom. The number of Topliss-reactive ketones (excluding diaryl/α,β-unsaturated/α-hetero) is 1. The van der Waals surface area contributed by atoms with Crippen molar-refractivity contribution in [2.75, 3.05) is 11.1 Å². The van der Waals surface area contributed by atoms with E-state index in [1.165, 1.54) is 37.3 Å². The molecule has 1 unspecified atom stereocenters. The van der Waals surface area contributed by atoms with Gasteiger partial charge < -0.3 is 27.0 Å². The van der Waals surface area contributed by atoms with E-state index in [4.69, 9.17) is 21.7 Å². The number of amides is 1. The lowest BCUT2D eigenvalue weighted by Crippen LogP contribution is -2.41. The van der Waals surface area contributed by atoms with E-state index < -0.39 is 29.7 Å². The van der Waals surface area contributed by atoms with Crippen molar-refractivity contribution in [3.05, 3.63) is 59.7 Å². The summed E-state index contributed by atoms with van der Waals surface area (Å²) in [5, 5.41) is 19.6. The minimum atomic E-state index is -1.21. The summed E-state index contributed by atoms with van der Waals surface area (Å²) in [5.74, 6) is -3.10. The van der Waals surface area contributed by atoms with Gasteiger partial charge in [-0.05, 0) is 43.3 Å². The fourth-order valence-electron chi connectivity index (χ4n) is 1.79. The van der Waals surface area contributed by atoms with Crippen molar-refractivity contribution in [2.45, 2.75) is 13.0 Å². The van der Waals surface area contributed by atoms with Gasteiger partial charge in [-0.15, -0.1) is 0 Å². The maximum Gasteiger partial charge on any atom is 0.337 e. The molecule has 0 saturated heterocycles. The zero-order valence-corrected chi connectivity index (χ0v) is 14.4. The Morgan fingerprint density at radius 2 is 1.48 bits per heavy atom. The lowest BCUT2D eigenvalue weighted by Gasteiger charge is -2.09. The molecule has 0 aromatic heterocycles. The number of hydrogen-bond donors (Lipinski definition) is 5. The van der Waals surface area contributed by atoms with Gasteiger partial charge in [-0.3, -0.25) is 9.59 Å². The lowest BCUT2D eigenvalue weighted by molar-refractivity contribution is -0.126. The van der Waals surface area contributed by atoms with E-state index in [0.717, 1.165) is 0 Å². The molecule has 0 radical (unpaired) electrons. The molecule has 2 aromatic rings. The SMILES string of the molecule is CC(=O)C(N)C(=O)Nc1ccc(C(=O)O)cc1.Nc1ccccc1C(=O)O. The maximum absolute atomic E-state index is 11.4. The lowest BCUT2D eigenvalue weighted by atomic mass is 10.2. The highest BCUT2D eigenvalue weighted by Gasteiger charge is 2.18. The number of rotatable bonds is 5. The number of anilines is 2. The number of carboxylic acid groups (broad SMARTS) is 2. The van der Waals surface area contributed by atoms with Crippen LogP contribution in [0.1, 0.15) is 27.6 Å². The van der Waals surface area contributed by atoms with E-state index in [1.807, 2.05) is 0 Å². The Kier molecular flexibility index (Phi) is 7.65. The highest BCUT2D eigenvalue weighted by atomic mass is 16.4. The Balaban J connectivity index is 0.000000309. The average Bonchev–Trinajstić information content (AvgIpc) is 2.62. The van der Waals surface area contributed by atoms with Crippen LogP contribution in [0.5, 0.6) is 0 Å². The summed E-state index contributed by atoms with van der Waals surface area (Å²) >= 11 is 0. The fourth-order valence-corrected chi connectivity index (χ4v) is 1.79. The van der Waals surface area contributed by atoms with E-state index in [2.05, 4.69) is 5.32 Å². The molecule has 142 valence electrons. The Morgan fingerprint density at radius 3 is 1.89 bits per heavy atom. The summed E-state index contributed by atoms with van der Waals surface area (Å²) in [6.07, 6.45) is 0. The summed E-state index contributed by atoms with van der Waals surface area (Å²) in [5.41, 5.74) is 11.6. The molecule has 27 heavy (non-hydrogen) atoms. The molecule has 0 aliphatic rings. The first kappa shape index (κ1) is 21.3. The van der Waals surface area contributed by atoms with Crippen LogP contribution in [0.15, 0.2) is 48.5 Å². The minimum Gasteiger partial charge on any atom is -0.478 e. The first-order chi connectivity index (χ1) is 12.6. The molecule has 7 N–H and O–H groups in total. The fraction of sp³-hybridized carbons (Fsp3) is 0.111. The van der Waals surface area contributed by atoms with E-state index in [1.54, 1.807) is 18.2 Å². The molecule has 0 aliphatic heterocycles. The number of aromatic carboxylic acids is 2. The standard InChI is InChI=1S/C11H12N2O4.C7H7NO2/c1-6(14)9(12)10(15)13-8-4-2-7(3-5-8)11(16)17;8-6-4-2-1-3-5(6)7(9)10/h2-5,9H,12H2,1H3,(H,13,15)(H,16,17);1-4H,8H2,(H,9,10). The second-order valence-corrected chi connectivity index (χ2v) is 5.35. The molecular weight excluding hydrogens is 354 g/mol. The first-order valence-corrected chi connectivity index (χ1v) is 7.61. The zero-order valence-electron chi connectivity index (χ0n) is 14.4. The predicted octanol–water partition coefficient (Wildman–Crippen LogP) is 1.21. The molecule has 0 aliphatic carbocycles. The van der Waals surface area contributed by atoms with Crippen LogP contribution in [-0.4, -0.2) is 39.9 Å². The van der Waals surface area contributed by atoms with Crippen LogP contribution in [0.25, 0.3) is 0 Å². The van der Waals surface area contributed by atoms with Gasteiger partial charge in [0.1, 0.15) is 6.04 Å². The molecule has 9 nitrogen and oxygen atoms in total. The number of carboxylic acids is 2. The number of carbonyl (C=O) groups excluding carboxylic acids is 2. The molecule has 9 heteroatoms. The van der Waals surface area contributed by atoms with Gasteiger partial charge in [0, 0.05) is 11.4 Å². The van der Waals surface area contributed by atoms with Gasteiger partial charge in [-0.2, -0.15) is 0 Å². The van der Waals surface area contributed by atoms with Crippen LogP contribution in [0.2, 0.25) is 0 Å². The van der Waals surface area contributed by atoms with Crippen LogP contribution < -0.4 is 16.8 Å². The van der Waals surface area contributed by atoms with E-state index in [9.17, 15) is 19.2 Å². The van der Waals surface area contributed by atoms with Gasteiger partial charge in [0.2, 0.25) is 5.91 Å². The predicted molar refractivity (Wildman–Crippen MR) is 98.5 cm³/mol. The topological polar surface area (TPSA) is 173 Å². The summed E-state index contributed by atoms with van der Waals surface area (Å²) < 4.78 is 0. The van der Waals surface area contributed by atoms with Gasteiger partial charge >= 0.3 is 11.9 Å². The minimum absolute atomic E-state index is 0.110. The van der Waals surface area contributed by atoms with Crippen LogP contribution in [0.4, 0.5) is 11.4 Å². The van der Waals surface area contributed by atoms with Gasteiger partial charge in [-0.1, -0.05) is 12.1 Å². The summed E-state index contributed by atoms with van der Waals surface area (Å²) in [6.45, 7) is 1.22. The van der Waals surface area contributed by atoms with Crippen molar-refractivity contribution in [1.29, 1.82) is 0 Å². The smallest absolute Gasteiger partial charge is 0.337 e. The van der Waals surface area contributed by atoms with Gasteiger partial charge in [0.25, 0.3) is 0 Å². The van der Waals surface area contributed by atoms with Gasteiger partial charge in [0.15, 0.2) is 5.78 Å². The molecule has 1 atom stereocenters. The number of nitrogens with two attached hydrogens (primary N) is 2. The van der Waals surface area contributed by atoms with Crippen LogP contribution >= 0.6 is 0 Å². The first-order valence-electron chi connectivity index (χ1n) is 7.61. The summed E-state index contributed by atoms with van der Waals surface area (Å²) in [4.78, 5) is 43.2. The zero-order chi connectivity index (χ0) is 20.6. The van der Waals surface area contributed by atoms with Crippen molar-refractivity contribution < 1.29 is 29.4 Å². The van der Waals surface area contributed by atoms with Crippen molar-refractivity contribution >= 4 is 35.0 Å². The second-order valence-electron chi connectivity index (χ2n) is 5.35. The highest BCUT2D eigenvalue weighted by molar-refractivity contribution is 6.09. The van der Waals surface area contributed by atoms with E-state index in [-0.39, 0.29) is 11.1 Å². The van der Waals surface area contributed by atoms with Crippen molar-refractivity contribution in [3.8, 4) is 0 Å². The molecule has 0 bridgehead atoms. The van der Waals surface area contributed by atoms with Crippen LogP contribution in [0.3, 0.4) is 0 Å². The van der Waals surface area contributed by atoms with Crippen molar-refractivity contribution in [2.24, 2.45) is 5.73 Å². The van der Waals surface area contributed by atoms with Gasteiger partial charge in [-0.25, -0.2) is 9.59 Å². The number of benzene rings is 2. The third kappa shape index (κ3) is 6.59. The Hall–Kier alpha value is -3.72. The summed E-state index contributed by atoms with van der Waals surface area (Å²) in [7, 11) is 0. The van der Waals surface area contributed by atoms with Crippen LogP contribution in [0, 0.1) is 0 Å². The number of carbonyl (C=O) groups is 4. The quantitative estimate of drug-likeness (QED) is 0.384. The normalized spacial score (nSPS) is 10.7. The molecule has 0 fully saturated rings. The highest BCUT2D eigenvalue weighted by Crippen LogP contribution is 2.10. The van der Waals surface area contributed by atoms with Crippen molar-refractivity contribution in [1.82, 2.24) is 0 Å². The van der Waals surface area contributed by atoms with Crippen molar-refractivity contribution in [3.63, 3.8) is 0 Å². The molecule has 2 rings (SSSR count). The molecule has 1 amide bonds. The monoisotopic (exact) mass is 373 g/mol. The third-order valence-electron chi connectivity index (χ3n) is 3.31. The summed E-state index contributed by atoms with van der Waals surface area (Å²) in [6, 6.07) is 10.7. The largest absolute Gasteiger partial charge is 0.478 e. The Bertz CT molecular complexity index is 848. The maximum atomic E-state index is 11.4. The molecule has 0 heterocycles. The number of para-hydroxylation sites is 1. The van der Waals surface area contributed by atoms with E-state index in [0.29, 0.717) is 11.4 Å². The Labute approximate surface area is 154 Å². The third-order valence-corrected chi connectivity index (χ3v) is 3.31. The number of nitrogen functional groups attached to an aromatic ring is 1. The van der Waals surface area contributed by atoms with Gasteiger partial charge in [0.05, 0.1) is 11.1 Å². The molecule has 2 aromatic carbocycles. The average molecular weight is 373 g/mol. The molecular formula is C18H19N3O6. The number of ketones is 1. The number of hydrogen-bond acceptors (Lipinski definition) is 6. The number of nitrogens with one attached hydrogen (secondary N) is 1. The van der Waals surface area contributed by atoms with Crippen LogP contribution in [-0.2, 0) is 9.59 Å². The second kappa shape index (κ2) is 9.68. The molecule has 0 spiro atoms.